The van der Waals surface area contributed by atoms with Crippen LogP contribution in [0.1, 0.15) is 35.7 Å². The van der Waals surface area contributed by atoms with Crippen LogP contribution in [-0.2, 0) is 0 Å². The van der Waals surface area contributed by atoms with Gasteiger partial charge in [-0.3, -0.25) is 4.79 Å². The summed E-state index contributed by atoms with van der Waals surface area (Å²) in [7, 11) is 4.66. The van der Waals surface area contributed by atoms with Gasteiger partial charge in [0.2, 0.25) is 5.75 Å². The van der Waals surface area contributed by atoms with Crippen LogP contribution in [-0.4, -0.2) is 57.8 Å². The molecule has 0 saturated carbocycles. The molecule has 1 amide bonds. The summed E-state index contributed by atoms with van der Waals surface area (Å²) in [5, 5.41) is 3.50. The zero-order valence-electron chi connectivity index (χ0n) is 18.8. The summed E-state index contributed by atoms with van der Waals surface area (Å²) in [4.78, 5) is 15.5. The molecule has 6 nitrogen and oxygen atoms in total. The fourth-order valence-corrected chi connectivity index (χ4v) is 3.97. The van der Waals surface area contributed by atoms with E-state index in [0.29, 0.717) is 41.9 Å². The van der Waals surface area contributed by atoms with Gasteiger partial charge >= 0.3 is 0 Å². The Morgan fingerprint density at radius 3 is 2.32 bits per heavy atom. The molecule has 0 unspecified atom stereocenters. The van der Waals surface area contributed by atoms with Gasteiger partial charge in [-0.15, -0.1) is 0 Å². The van der Waals surface area contributed by atoms with Gasteiger partial charge in [-0.25, -0.2) is 0 Å². The van der Waals surface area contributed by atoms with Gasteiger partial charge in [0.1, 0.15) is 0 Å². The van der Waals surface area contributed by atoms with E-state index in [-0.39, 0.29) is 5.91 Å². The van der Waals surface area contributed by atoms with E-state index in [1.807, 2.05) is 23.1 Å². The molecule has 1 aliphatic heterocycles. The molecule has 1 fully saturated rings. The lowest BCUT2D eigenvalue weighted by Gasteiger charge is -2.27. The number of methoxy groups -OCH3 is 3. The molecule has 0 aliphatic carbocycles. The highest BCUT2D eigenvalue weighted by Crippen LogP contribution is 2.38. The second-order valence-electron chi connectivity index (χ2n) is 7.79. The van der Waals surface area contributed by atoms with Crippen molar-refractivity contribution in [2.45, 2.75) is 25.8 Å². The summed E-state index contributed by atoms with van der Waals surface area (Å²) in [6.45, 7) is 4.25. The minimum atomic E-state index is -0.0613. The predicted molar refractivity (Wildman–Crippen MR) is 123 cm³/mol. The summed E-state index contributed by atoms with van der Waals surface area (Å²) in [6.07, 6.45) is 4.33. The smallest absolute Gasteiger partial charge is 0.254 e. The Balaban J connectivity index is 1.89. The molecule has 31 heavy (non-hydrogen) atoms. The number of nitrogens with one attached hydrogen (secondary N) is 1. The highest BCUT2D eigenvalue weighted by molar-refractivity contribution is 5.96. The fraction of sp³-hybridized carbons (Fsp3) is 0.400. The topological polar surface area (TPSA) is 60.0 Å². The number of hydrogen-bond donors (Lipinski definition) is 1. The molecule has 1 saturated heterocycles. The molecule has 0 spiro atoms. The molecule has 3 rings (SSSR count). The third-order valence-corrected chi connectivity index (χ3v) is 5.45. The Labute approximate surface area is 184 Å². The molecule has 0 radical (unpaired) electrons. The molecule has 6 heteroatoms. The van der Waals surface area contributed by atoms with Gasteiger partial charge in [0.05, 0.1) is 21.3 Å². The summed E-state index contributed by atoms with van der Waals surface area (Å²) in [5.74, 6) is 1.36. The third kappa shape index (κ3) is 5.79. The summed E-state index contributed by atoms with van der Waals surface area (Å²) in [6, 6.07) is 13.9. The first-order valence-electron chi connectivity index (χ1n) is 10.6. The molecule has 2 aromatic carbocycles. The number of benzene rings is 2. The summed E-state index contributed by atoms with van der Waals surface area (Å²) in [5.41, 5.74) is 2.75. The average molecular weight is 425 g/mol. The first-order valence-corrected chi connectivity index (χ1v) is 10.6. The lowest BCUT2D eigenvalue weighted by Crippen LogP contribution is -2.42. The van der Waals surface area contributed by atoms with Crippen LogP contribution in [0, 0.1) is 0 Å². The van der Waals surface area contributed by atoms with Gasteiger partial charge in [-0.2, -0.15) is 0 Å². The van der Waals surface area contributed by atoms with Crippen LogP contribution >= 0.6 is 0 Å². The van der Waals surface area contributed by atoms with Crippen molar-refractivity contribution in [1.29, 1.82) is 0 Å². The van der Waals surface area contributed by atoms with E-state index in [1.165, 1.54) is 0 Å². The Kier molecular flexibility index (Phi) is 7.95. The van der Waals surface area contributed by atoms with Crippen molar-refractivity contribution in [2.24, 2.45) is 0 Å². The lowest BCUT2D eigenvalue weighted by atomic mass is 10.1. The standard InChI is InChI=1S/C25H32N2O4/c1-18(13-19-9-6-5-7-10-19)16-27(17-21-11-8-12-26-21)25(28)20-14-22(29-2)24(31-4)23(15-20)30-3/h5-7,9-10,13-15,21,26H,8,11-12,16-17H2,1-4H3/t21-/m1/s1. The van der Waals surface area contributed by atoms with E-state index >= 15 is 0 Å². The van der Waals surface area contributed by atoms with E-state index in [1.54, 1.807) is 33.5 Å². The first-order chi connectivity index (χ1) is 15.0. The van der Waals surface area contributed by atoms with Crippen LogP contribution in [0.2, 0.25) is 0 Å². The van der Waals surface area contributed by atoms with Crippen molar-refractivity contribution in [3.63, 3.8) is 0 Å². The first kappa shape index (κ1) is 22.7. The van der Waals surface area contributed by atoms with Crippen molar-refractivity contribution in [1.82, 2.24) is 10.2 Å². The third-order valence-electron chi connectivity index (χ3n) is 5.45. The maximum Gasteiger partial charge on any atom is 0.254 e. The van der Waals surface area contributed by atoms with Crippen LogP contribution in [0.3, 0.4) is 0 Å². The van der Waals surface area contributed by atoms with E-state index in [9.17, 15) is 4.79 Å². The quantitative estimate of drug-likeness (QED) is 0.659. The highest BCUT2D eigenvalue weighted by Gasteiger charge is 2.25. The monoisotopic (exact) mass is 424 g/mol. The SMILES string of the molecule is COc1cc(C(=O)N(CC(C)=Cc2ccccc2)C[C@H]2CCCN2)cc(OC)c1OC. The van der Waals surface area contributed by atoms with Crippen LogP contribution in [0.25, 0.3) is 6.08 Å². The number of carbonyl (C=O) groups excluding carboxylic acids is 1. The highest BCUT2D eigenvalue weighted by atomic mass is 16.5. The number of ether oxygens (including phenoxy) is 3. The molecule has 166 valence electrons. The van der Waals surface area contributed by atoms with Crippen molar-refractivity contribution in [3.8, 4) is 17.2 Å². The van der Waals surface area contributed by atoms with Crippen LogP contribution in [0.4, 0.5) is 0 Å². The van der Waals surface area contributed by atoms with E-state index in [4.69, 9.17) is 14.2 Å². The normalized spacial score (nSPS) is 16.1. The van der Waals surface area contributed by atoms with Gasteiger partial charge in [-0.1, -0.05) is 42.0 Å². The largest absolute Gasteiger partial charge is 0.493 e. The molecule has 1 N–H and O–H groups in total. The van der Waals surface area contributed by atoms with E-state index < -0.39 is 0 Å². The molecular weight excluding hydrogens is 392 g/mol. The minimum absolute atomic E-state index is 0.0613. The summed E-state index contributed by atoms with van der Waals surface area (Å²) < 4.78 is 16.3. The van der Waals surface area contributed by atoms with Gasteiger partial charge < -0.3 is 24.4 Å². The lowest BCUT2D eigenvalue weighted by molar-refractivity contribution is 0.0756. The Hall–Kier alpha value is -2.99. The Morgan fingerprint density at radius 1 is 1.10 bits per heavy atom. The number of carbonyl (C=O) groups is 1. The van der Waals surface area contributed by atoms with Gasteiger partial charge in [-0.05, 0) is 44.0 Å². The van der Waals surface area contributed by atoms with Crippen LogP contribution in [0.5, 0.6) is 17.2 Å². The van der Waals surface area contributed by atoms with Gasteiger partial charge in [0.15, 0.2) is 11.5 Å². The molecule has 0 bridgehead atoms. The minimum Gasteiger partial charge on any atom is -0.493 e. The predicted octanol–water partition coefficient (Wildman–Crippen LogP) is 4.01. The average Bonchev–Trinajstić information content (AvgIpc) is 3.30. The fourth-order valence-electron chi connectivity index (χ4n) is 3.97. The zero-order valence-corrected chi connectivity index (χ0v) is 18.8. The van der Waals surface area contributed by atoms with Crippen LogP contribution < -0.4 is 19.5 Å². The number of hydrogen-bond acceptors (Lipinski definition) is 5. The van der Waals surface area contributed by atoms with Crippen molar-refractivity contribution >= 4 is 12.0 Å². The Morgan fingerprint density at radius 2 is 1.77 bits per heavy atom. The molecule has 1 heterocycles. The molecule has 1 aliphatic rings. The van der Waals surface area contributed by atoms with Crippen molar-refractivity contribution in [2.75, 3.05) is 41.0 Å². The Bertz CT molecular complexity index is 880. The van der Waals surface area contributed by atoms with E-state index in [0.717, 1.165) is 30.5 Å². The molecular formula is C25H32N2O4. The summed E-state index contributed by atoms with van der Waals surface area (Å²) >= 11 is 0. The molecule has 2 aromatic rings. The number of nitrogens with zero attached hydrogens (tertiary/aromatic N) is 1. The number of rotatable bonds is 9. The maximum atomic E-state index is 13.6. The second-order valence-corrected chi connectivity index (χ2v) is 7.79. The van der Waals surface area contributed by atoms with Crippen molar-refractivity contribution < 1.29 is 19.0 Å². The molecule has 1 atom stereocenters. The molecule has 0 aromatic heterocycles. The van der Waals surface area contributed by atoms with Crippen LogP contribution in [0.15, 0.2) is 48.0 Å². The van der Waals surface area contributed by atoms with E-state index in [2.05, 4.69) is 30.4 Å². The zero-order chi connectivity index (χ0) is 22.2. The van der Waals surface area contributed by atoms with Gasteiger partial charge in [0.25, 0.3) is 5.91 Å². The second kappa shape index (κ2) is 10.9. The number of amides is 1. The maximum absolute atomic E-state index is 13.6. The van der Waals surface area contributed by atoms with Gasteiger partial charge in [0, 0.05) is 24.7 Å². The van der Waals surface area contributed by atoms with Crippen molar-refractivity contribution in [3.05, 3.63) is 59.2 Å².